The van der Waals surface area contributed by atoms with Crippen molar-refractivity contribution in [2.45, 2.75) is 25.7 Å². The van der Waals surface area contributed by atoms with Gasteiger partial charge in [-0.1, -0.05) is 36.3 Å². The molecule has 0 radical (unpaired) electrons. The van der Waals surface area contributed by atoms with Crippen LogP contribution in [0.5, 0.6) is 5.75 Å². The predicted octanol–water partition coefficient (Wildman–Crippen LogP) is 5.45. The van der Waals surface area contributed by atoms with E-state index < -0.39 is 5.82 Å². The third-order valence-corrected chi connectivity index (χ3v) is 4.39. The van der Waals surface area contributed by atoms with Crippen molar-refractivity contribution in [3.63, 3.8) is 0 Å². The molecule has 0 amide bonds. The summed E-state index contributed by atoms with van der Waals surface area (Å²) in [5.41, 5.74) is 1.47. The fraction of sp³-hybridized carbons (Fsp3) is 0.300. The van der Waals surface area contributed by atoms with Crippen molar-refractivity contribution < 1.29 is 9.13 Å². The molecule has 0 heterocycles. The molecule has 0 atom stereocenters. The number of halogens is 2. The van der Waals surface area contributed by atoms with Gasteiger partial charge in [0.2, 0.25) is 0 Å². The van der Waals surface area contributed by atoms with Crippen LogP contribution in [-0.4, -0.2) is 6.61 Å². The molecule has 0 unspecified atom stereocenters. The first kappa shape index (κ1) is 15.9. The first-order valence-electron chi connectivity index (χ1n) is 7.90. The highest BCUT2D eigenvalue weighted by atomic mass is 35.5. The minimum atomic E-state index is -0.450. The molecule has 1 nitrogen and oxygen atoms in total. The van der Waals surface area contributed by atoms with Gasteiger partial charge in [0.1, 0.15) is 11.6 Å². The smallest absolute Gasteiger partial charge is 0.143 e. The molecule has 0 N–H and O–H groups in total. The molecule has 3 rings (SSSR count). The zero-order valence-corrected chi connectivity index (χ0v) is 13.6. The van der Waals surface area contributed by atoms with Crippen LogP contribution in [-0.2, 0) is 0 Å². The molecule has 0 aromatic heterocycles. The van der Waals surface area contributed by atoms with Gasteiger partial charge < -0.3 is 4.74 Å². The van der Waals surface area contributed by atoms with Crippen LogP contribution in [0.2, 0.25) is 5.02 Å². The van der Waals surface area contributed by atoms with E-state index in [1.807, 2.05) is 24.3 Å². The molecule has 1 aliphatic rings. The van der Waals surface area contributed by atoms with Gasteiger partial charge in [-0.2, -0.15) is 0 Å². The minimum Gasteiger partial charge on any atom is -0.493 e. The molecular weight excluding hydrogens is 311 g/mol. The first-order chi connectivity index (χ1) is 11.2. The second-order valence-electron chi connectivity index (χ2n) is 5.86. The van der Waals surface area contributed by atoms with Crippen LogP contribution < -0.4 is 4.74 Å². The lowest BCUT2D eigenvalue weighted by Gasteiger charge is -2.11. The summed E-state index contributed by atoms with van der Waals surface area (Å²) in [4.78, 5) is 0. The van der Waals surface area contributed by atoms with Crippen molar-refractivity contribution in [3.8, 4) is 17.6 Å². The molecule has 118 valence electrons. The molecule has 0 bridgehead atoms. The van der Waals surface area contributed by atoms with E-state index in [2.05, 4.69) is 11.8 Å². The van der Waals surface area contributed by atoms with Crippen LogP contribution in [0.4, 0.5) is 4.39 Å². The largest absolute Gasteiger partial charge is 0.493 e. The summed E-state index contributed by atoms with van der Waals surface area (Å²) >= 11 is 5.65. The summed E-state index contributed by atoms with van der Waals surface area (Å²) in [5.74, 6) is 7.08. The van der Waals surface area contributed by atoms with Gasteiger partial charge in [-0.3, -0.25) is 0 Å². The molecule has 3 heteroatoms. The molecule has 0 spiro atoms. The normalized spacial score (nSPS) is 14.3. The van der Waals surface area contributed by atoms with E-state index in [1.54, 1.807) is 6.07 Å². The average molecular weight is 329 g/mol. The third-order valence-electron chi connectivity index (χ3n) is 4.09. The van der Waals surface area contributed by atoms with Crippen molar-refractivity contribution in [1.82, 2.24) is 0 Å². The Kier molecular flexibility index (Phi) is 5.20. The van der Waals surface area contributed by atoms with Crippen molar-refractivity contribution in [1.29, 1.82) is 0 Å². The highest BCUT2D eigenvalue weighted by Crippen LogP contribution is 2.25. The third kappa shape index (κ3) is 4.50. The Hall–Kier alpha value is -1.98. The molecular formula is C20H18ClFO. The maximum atomic E-state index is 13.4. The maximum Gasteiger partial charge on any atom is 0.143 e. The van der Waals surface area contributed by atoms with Crippen molar-refractivity contribution in [2.75, 3.05) is 6.61 Å². The molecule has 1 fully saturated rings. The molecule has 0 aliphatic heterocycles. The van der Waals surface area contributed by atoms with E-state index in [-0.39, 0.29) is 5.02 Å². The number of rotatable bonds is 3. The van der Waals surface area contributed by atoms with Gasteiger partial charge in [-0.25, -0.2) is 4.39 Å². The van der Waals surface area contributed by atoms with Crippen molar-refractivity contribution in [3.05, 3.63) is 64.4 Å². The molecule has 1 saturated carbocycles. The van der Waals surface area contributed by atoms with Gasteiger partial charge in [0, 0.05) is 11.1 Å². The Morgan fingerprint density at radius 1 is 1.00 bits per heavy atom. The second-order valence-corrected chi connectivity index (χ2v) is 6.27. The van der Waals surface area contributed by atoms with Crippen LogP contribution in [0.3, 0.4) is 0 Å². The lowest BCUT2D eigenvalue weighted by atomic mass is 10.1. The summed E-state index contributed by atoms with van der Waals surface area (Å²) in [6, 6.07) is 12.3. The van der Waals surface area contributed by atoms with E-state index in [1.165, 1.54) is 37.8 Å². The summed E-state index contributed by atoms with van der Waals surface area (Å²) in [6.45, 7) is 0.801. The van der Waals surface area contributed by atoms with Gasteiger partial charge in [0.05, 0.1) is 11.6 Å². The minimum absolute atomic E-state index is 0.110. The zero-order valence-electron chi connectivity index (χ0n) is 12.8. The SMILES string of the molecule is Fc1cc(C#Cc2ccc(OCC3CCCC3)cc2)ccc1Cl. The van der Waals surface area contributed by atoms with Gasteiger partial charge in [0.15, 0.2) is 0 Å². The van der Waals surface area contributed by atoms with E-state index in [4.69, 9.17) is 16.3 Å². The van der Waals surface area contributed by atoms with Crippen LogP contribution >= 0.6 is 11.6 Å². The summed E-state index contributed by atoms with van der Waals surface area (Å²) in [6.07, 6.45) is 5.21. The van der Waals surface area contributed by atoms with E-state index in [9.17, 15) is 4.39 Å². The van der Waals surface area contributed by atoms with Crippen LogP contribution in [0.15, 0.2) is 42.5 Å². The van der Waals surface area contributed by atoms with Crippen molar-refractivity contribution in [2.24, 2.45) is 5.92 Å². The van der Waals surface area contributed by atoms with E-state index >= 15 is 0 Å². The quantitative estimate of drug-likeness (QED) is 0.681. The monoisotopic (exact) mass is 328 g/mol. The Balaban J connectivity index is 1.60. The topological polar surface area (TPSA) is 9.23 Å². The van der Waals surface area contributed by atoms with Gasteiger partial charge in [0.25, 0.3) is 0 Å². The second kappa shape index (κ2) is 7.53. The lowest BCUT2D eigenvalue weighted by Crippen LogP contribution is -2.07. The average Bonchev–Trinajstić information content (AvgIpc) is 3.08. The van der Waals surface area contributed by atoms with E-state index in [0.29, 0.717) is 11.5 Å². The summed E-state index contributed by atoms with van der Waals surface area (Å²) < 4.78 is 19.2. The molecule has 0 saturated heterocycles. The fourth-order valence-corrected chi connectivity index (χ4v) is 2.86. The maximum absolute atomic E-state index is 13.4. The van der Waals surface area contributed by atoms with Gasteiger partial charge in [-0.05, 0) is 61.2 Å². The predicted molar refractivity (Wildman–Crippen MR) is 91.3 cm³/mol. The lowest BCUT2D eigenvalue weighted by molar-refractivity contribution is 0.252. The number of hydrogen-bond donors (Lipinski definition) is 0. The van der Waals surface area contributed by atoms with Crippen LogP contribution in [0.1, 0.15) is 36.8 Å². The van der Waals surface area contributed by atoms with Gasteiger partial charge in [-0.15, -0.1) is 0 Å². The van der Waals surface area contributed by atoms with Crippen LogP contribution in [0.25, 0.3) is 0 Å². The van der Waals surface area contributed by atoms with Crippen molar-refractivity contribution >= 4 is 11.6 Å². The standard InChI is InChI=1S/C20H18ClFO/c21-19-12-9-16(13-20(19)22)6-5-15-7-10-18(11-8-15)23-14-17-3-1-2-4-17/h7-13,17H,1-4,14H2. The first-order valence-corrected chi connectivity index (χ1v) is 8.28. The molecule has 1 aliphatic carbocycles. The Morgan fingerprint density at radius 3 is 2.35 bits per heavy atom. The van der Waals surface area contributed by atoms with Crippen LogP contribution in [0, 0.1) is 23.6 Å². The Bertz CT molecular complexity index is 722. The number of benzene rings is 2. The zero-order chi connectivity index (χ0) is 16.1. The molecule has 23 heavy (non-hydrogen) atoms. The summed E-state index contributed by atoms with van der Waals surface area (Å²) in [5, 5.41) is 0.110. The number of hydrogen-bond acceptors (Lipinski definition) is 1. The Morgan fingerprint density at radius 2 is 1.65 bits per heavy atom. The fourth-order valence-electron chi connectivity index (χ4n) is 2.74. The Labute approximate surface area is 141 Å². The van der Waals surface area contributed by atoms with E-state index in [0.717, 1.165) is 17.9 Å². The highest BCUT2D eigenvalue weighted by Gasteiger charge is 2.15. The summed E-state index contributed by atoms with van der Waals surface area (Å²) in [7, 11) is 0. The number of ether oxygens (including phenoxy) is 1. The molecule has 2 aromatic carbocycles. The molecule has 2 aromatic rings. The highest BCUT2D eigenvalue weighted by molar-refractivity contribution is 6.30. The van der Waals surface area contributed by atoms with Gasteiger partial charge >= 0.3 is 0 Å².